The zero-order chi connectivity index (χ0) is 15.0. The van der Waals surface area contributed by atoms with E-state index in [0.29, 0.717) is 0 Å². The van der Waals surface area contributed by atoms with Gasteiger partial charge in [0, 0.05) is 0 Å². The van der Waals surface area contributed by atoms with Crippen molar-refractivity contribution in [2.24, 2.45) is 5.41 Å². The highest BCUT2D eigenvalue weighted by molar-refractivity contribution is 6.95. The molecule has 1 aliphatic heterocycles. The molecular weight excluding hydrogens is 226 g/mol. The van der Waals surface area contributed by atoms with Crippen LogP contribution in [0.4, 0.5) is 0 Å². The highest BCUT2D eigenvalue weighted by atomic mass is 16.7. The van der Waals surface area contributed by atoms with Crippen LogP contribution in [0.3, 0.4) is 0 Å². The molecule has 0 unspecified atom stereocenters. The molecule has 1 fully saturated rings. The predicted octanol–water partition coefficient (Wildman–Crippen LogP) is 2.55. The topological polar surface area (TPSA) is 38.7 Å². The first-order chi connectivity index (χ1) is 7.60. The fraction of sp³-hybridized carbons (Fsp3) is 1.00. The van der Waals surface area contributed by atoms with Crippen molar-refractivity contribution in [3.8, 4) is 0 Å². The van der Waals surface area contributed by atoms with Gasteiger partial charge in [-0.15, -0.1) is 0 Å². The summed E-state index contributed by atoms with van der Waals surface area (Å²) in [4.78, 5) is 0. The van der Waals surface area contributed by atoms with E-state index in [0.717, 1.165) is 0 Å². The molecule has 0 atom stereocenters. The van der Waals surface area contributed by atoms with E-state index in [1.165, 1.54) is 0 Å². The largest absolute Gasteiger partial charge is 0.411 e. The van der Waals surface area contributed by atoms with E-state index < -0.39 is 12.6 Å². The molecule has 0 amide bonds. The molecule has 0 aromatic carbocycles. The van der Waals surface area contributed by atoms with Crippen LogP contribution in [0.1, 0.15) is 62.3 Å². The second-order valence-electron chi connectivity index (χ2n) is 7.43. The second kappa shape index (κ2) is 5.18. The summed E-state index contributed by atoms with van der Waals surface area (Å²) >= 11 is 0. The highest BCUT2D eigenvalue weighted by Gasteiger charge is 2.48. The van der Waals surface area contributed by atoms with Gasteiger partial charge in [-0.1, -0.05) is 20.8 Å². The monoisotopic (exact) mass is 254 g/mol. The minimum atomic E-state index is -0.565. The van der Waals surface area contributed by atoms with Crippen LogP contribution < -0.4 is 0 Å². The summed E-state index contributed by atoms with van der Waals surface area (Å²) in [7, 11) is 4.88. The first-order valence-corrected chi connectivity index (χ1v) is 6.44. The van der Waals surface area contributed by atoms with E-state index in [2.05, 4.69) is 0 Å². The number of rotatable bonds is 0. The zero-order valence-electron chi connectivity index (χ0n) is 13.4. The molecule has 0 saturated carbocycles. The predicted molar refractivity (Wildman–Crippen MR) is 77.6 cm³/mol. The van der Waals surface area contributed by atoms with Crippen LogP contribution in [0.25, 0.3) is 0 Å². The second-order valence-corrected chi connectivity index (χ2v) is 7.43. The van der Waals surface area contributed by atoms with Crippen LogP contribution >= 0.6 is 0 Å². The van der Waals surface area contributed by atoms with Crippen molar-refractivity contribution < 1.29 is 14.4 Å². The lowest BCUT2D eigenvalue weighted by atomic mass is 9.63. The van der Waals surface area contributed by atoms with Gasteiger partial charge in [-0.2, -0.15) is 0 Å². The Morgan fingerprint density at radius 1 is 0.889 bits per heavy atom. The van der Waals surface area contributed by atoms with E-state index in [-0.39, 0.29) is 16.6 Å². The van der Waals surface area contributed by atoms with Crippen LogP contribution in [0.2, 0.25) is 0 Å². The maximum absolute atomic E-state index is 9.35. The third kappa shape index (κ3) is 4.60. The molecule has 5 heteroatoms. The SMILES string of the molecule is CC(C)(C)C(C)(C)O.[B]B1OC(C)(C)C(C)(C)O1. The van der Waals surface area contributed by atoms with E-state index in [1.54, 1.807) is 0 Å². The van der Waals surface area contributed by atoms with Crippen molar-refractivity contribution in [1.82, 2.24) is 0 Å². The minimum Gasteiger partial charge on any atom is -0.411 e. The van der Waals surface area contributed by atoms with E-state index in [4.69, 9.17) is 17.0 Å². The van der Waals surface area contributed by atoms with Gasteiger partial charge in [0.15, 0.2) is 0 Å². The molecule has 2 radical (unpaired) electrons. The van der Waals surface area contributed by atoms with E-state index in [1.807, 2.05) is 62.3 Å². The van der Waals surface area contributed by atoms with Crippen LogP contribution in [-0.4, -0.2) is 36.7 Å². The van der Waals surface area contributed by atoms with Gasteiger partial charge in [0.25, 0.3) is 0 Å². The Labute approximate surface area is 114 Å². The quantitative estimate of drug-likeness (QED) is 0.675. The molecule has 0 aliphatic carbocycles. The minimum absolute atomic E-state index is 0.00694. The summed E-state index contributed by atoms with van der Waals surface area (Å²) in [6, 6.07) is 0. The lowest BCUT2D eigenvalue weighted by molar-refractivity contribution is -0.0238. The van der Waals surface area contributed by atoms with Gasteiger partial charge < -0.3 is 14.4 Å². The van der Waals surface area contributed by atoms with Gasteiger partial charge in [-0.3, -0.25) is 0 Å². The number of hydrogen-bond donors (Lipinski definition) is 1. The Hall–Kier alpha value is 0.00987. The molecule has 0 aromatic heterocycles. The van der Waals surface area contributed by atoms with Gasteiger partial charge in [-0.05, 0) is 47.0 Å². The van der Waals surface area contributed by atoms with Crippen molar-refractivity contribution in [1.29, 1.82) is 0 Å². The molecular formula is C13H28B2O3. The lowest BCUT2D eigenvalue weighted by Gasteiger charge is -2.33. The Morgan fingerprint density at radius 3 is 1.17 bits per heavy atom. The maximum Gasteiger partial charge on any atom is 0.388 e. The van der Waals surface area contributed by atoms with Crippen molar-refractivity contribution in [2.45, 2.75) is 79.1 Å². The van der Waals surface area contributed by atoms with Crippen LogP contribution in [0.15, 0.2) is 0 Å². The molecule has 18 heavy (non-hydrogen) atoms. The summed E-state index contributed by atoms with van der Waals surface area (Å²) in [5, 5.41) is 9.35. The Bertz CT molecular complexity index is 247. The van der Waals surface area contributed by atoms with Gasteiger partial charge in [0.05, 0.1) is 16.8 Å². The Balaban J connectivity index is 0.000000331. The molecule has 1 heterocycles. The smallest absolute Gasteiger partial charge is 0.388 e. The summed E-state index contributed by atoms with van der Waals surface area (Å²) in [6.07, 6.45) is 0. The van der Waals surface area contributed by atoms with E-state index >= 15 is 0 Å². The van der Waals surface area contributed by atoms with Gasteiger partial charge in [0.1, 0.15) is 7.74 Å². The van der Waals surface area contributed by atoms with Gasteiger partial charge >= 0.3 is 7.01 Å². The summed E-state index contributed by atoms with van der Waals surface area (Å²) in [5.41, 5.74) is -1.14. The molecule has 0 spiro atoms. The summed E-state index contributed by atoms with van der Waals surface area (Å²) in [5.74, 6) is 0. The fourth-order valence-electron chi connectivity index (χ4n) is 0.889. The zero-order valence-corrected chi connectivity index (χ0v) is 13.4. The Kier molecular flexibility index (Phi) is 5.18. The third-order valence-electron chi connectivity index (χ3n) is 4.11. The fourth-order valence-corrected chi connectivity index (χ4v) is 0.889. The molecule has 0 bridgehead atoms. The van der Waals surface area contributed by atoms with Crippen molar-refractivity contribution in [2.75, 3.05) is 0 Å². The first kappa shape index (κ1) is 18.0. The van der Waals surface area contributed by atoms with Crippen LogP contribution in [-0.2, 0) is 9.31 Å². The third-order valence-corrected chi connectivity index (χ3v) is 4.11. The Morgan fingerprint density at radius 2 is 1.11 bits per heavy atom. The normalized spacial score (nSPS) is 22.4. The highest BCUT2D eigenvalue weighted by Crippen LogP contribution is 2.35. The van der Waals surface area contributed by atoms with E-state index in [9.17, 15) is 5.11 Å². The molecule has 1 rings (SSSR count). The number of aliphatic hydroxyl groups is 1. The van der Waals surface area contributed by atoms with Gasteiger partial charge in [-0.25, -0.2) is 0 Å². The molecule has 1 N–H and O–H groups in total. The molecule has 3 nitrogen and oxygen atoms in total. The van der Waals surface area contributed by atoms with Gasteiger partial charge in [0.2, 0.25) is 0 Å². The maximum atomic E-state index is 9.35. The molecule has 1 aliphatic rings. The number of hydrogen-bond acceptors (Lipinski definition) is 3. The van der Waals surface area contributed by atoms with Crippen molar-refractivity contribution in [3.05, 3.63) is 0 Å². The van der Waals surface area contributed by atoms with Crippen LogP contribution in [0, 0.1) is 5.41 Å². The summed E-state index contributed by atoms with van der Waals surface area (Å²) < 4.78 is 10.6. The van der Waals surface area contributed by atoms with Crippen LogP contribution in [0.5, 0.6) is 0 Å². The molecule has 0 aromatic rings. The van der Waals surface area contributed by atoms with Crippen molar-refractivity contribution in [3.63, 3.8) is 0 Å². The molecule has 1 saturated heterocycles. The average molecular weight is 254 g/mol. The average Bonchev–Trinajstić information content (AvgIpc) is 2.13. The van der Waals surface area contributed by atoms with Crippen molar-refractivity contribution >= 4 is 14.7 Å². The summed E-state index contributed by atoms with van der Waals surface area (Å²) in [6.45, 7) is 17.6. The standard InChI is InChI=1S/C7H16O.C6H12B2O2/c1-6(2,3)7(4,5)8;1-5(2)6(3,4)10-8(7)9-5/h8H,1-5H3;1-4H3. The molecule has 104 valence electrons. The lowest BCUT2D eigenvalue weighted by Crippen LogP contribution is -2.41. The first-order valence-electron chi connectivity index (χ1n) is 6.44.